The molecule has 1 aromatic carbocycles. The van der Waals surface area contributed by atoms with Crippen molar-refractivity contribution in [3.05, 3.63) is 52.1 Å². The molecular weight excluding hydrogens is 357 g/mol. The number of aryl methyl sites for hydroxylation is 1. The molecule has 9 heteroatoms. The molecule has 1 aromatic heterocycles. The standard InChI is InChI=1S/C15H15ClFN3O3S/c16-13-5-4-11(17)7-10(13)9-24(22,23)19-15(21)12-8-18-20-6-2-1-3-14(12)20/h4-5,7-8H,1-3,6,9H2,(H,19,21). The van der Waals surface area contributed by atoms with Crippen molar-refractivity contribution < 1.29 is 17.6 Å². The molecule has 3 rings (SSSR count). The van der Waals surface area contributed by atoms with E-state index in [2.05, 4.69) is 5.10 Å². The summed E-state index contributed by atoms with van der Waals surface area (Å²) in [5, 5.41) is 4.23. The molecule has 6 nitrogen and oxygen atoms in total. The zero-order valence-electron chi connectivity index (χ0n) is 12.6. The number of carbonyl (C=O) groups is 1. The number of aromatic nitrogens is 2. The average molecular weight is 372 g/mol. The second-order valence-electron chi connectivity index (χ2n) is 5.61. The zero-order valence-corrected chi connectivity index (χ0v) is 14.2. The first-order valence-corrected chi connectivity index (χ1v) is 9.42. The highest BCUT2D eigenvalue weighted by molar-refractivity contribution is 7.89. The molecule has 1 aliphatic heterocycles. The Morgan fingerprint density at radius 1 is 1.38 bits per heavy atom. The van der Waals surface area contributed by atoms with E-state index < -0.39 is 27.5 Å². The van der Waals surface area contributed by atoms with Crippen LogP contribution >= 0.6 is 11.6 Å². The minimum Gasteiger partial charge on any atom is -0.269 e. The number of sulfonamides is 1. The van der Waals surface area contributed by atoms with Gasteiger partial charge in [-0.25, -0.2) is 17.5 Å². The first kappa shape index (κ1) is 16.9. The van der Waals surface area contributed by atoms with Gasteiger partial charge in [-0.15, -0.1) is 0 Å². The first-order chi connectivity index (χ1) is 11.4. The van der Waals surface area contributed by atoms with Crippen LogP contribution < -0.4 is 4.72 Å². The predicted octanol–water partition coefficient (Wildman–Crippen LogP) is 2.27. The van der Waals surface area contributed by atoms with E-state index in [9.17, 15) is 17.6 Å². The van der Waals surface area contributed by atoms with Crippen molar-refractivity contribution in [1.29, 1.82) is 0 Å². The summed E-state index contributed by atoms with van der Waals surface area (Å²) in [7, 11) is -4.01. The summed E-state index contributed by atoms with van der Waals surface area (Å²) >= 11 is 5.88. The molecule has 1 N–H and O–H groups in total. The van der Waals surface area contributed by atoms with Gasteiger partial charge >= 0.3 is 0 Å². The van der Waals surface area contributed by atoms with Gasteiger partial charge in [0.15, 0.2) is 0 Å². The maximum atomic E-state index is 13.2. The number of fused-ring (bicyclic) bond motifs is 1. The number of hydrogen-bond donors (Lipinski definition) is 1. The van der Waals surface area contributed by atoms with E-state index in [0.717, 1.165) is 30.7 Å². The van der Waals surface area contributed by atoms with Crippen LogP contribution in [0.15, 0.2) is 24.4 Å². The summed E-state index contributed by atoms with van der Waals surface area (Å²) in [6, 6.07) is 3.45. The molecular formula is C15H15ClFN3O3S. The highest BCUT2D eigenvalue weighted by Gasteiger charge is 2.24. The number of hydrogen-bond acceptors (Lipinski definition) is 4. The van der Waals surface area contributed by atoms with Gasteiger partial charge in [0.25, 0.3) is 5.91 Å². The molecule has 0 spiro atoms. The molecule has 1 amide bonds. The molecule has 0 saturated carbocycles. The Balaban J connectivity index is 1.78. The number of halogens is 2. The highest BCUT2D eigenvalue weighted by atomic mass is 35.5. The van der Waals surface area contributed by atoms with Crippen LogP contribution in [0.1, 0.15) is 34.5 Å². The van der Waals surface area contributed by atoms with Crippen LogP contribution in [0.4, 0.5) is 4.39 Å². The molecule has 0 aliphatic carbocycles. The Kier molecular flexibility index (Phi) is 4.60. The number of nitrogens with one attached hydrogen (secondary N) is 1. The van der Waals surface area contributed by atoms with Crippen molar-refractivity contribution in [1.82, 2.24) is 14.5 Å². The van der Waals surface area contributed by atoms with Crippen LogP contribution in [-0.4, -0.2) is 24.1 Å². The molecule has 0 fully saturated rings. The van der Waals surface area contributed by atoms with E-state index in [1.165, 1.54) is 12.3 Å². The fourth-order valence-corrected chi connectivity index (χ4v) is 4.08. The molecule has 0 bridgehead atoms. The van der Waals surface area contributed by atoms with Gasteiger partial charge in [0, 0.05) is 11.6 Å². The minimum absolute atomic E-state index is 0.0917. The van der Waals surface area contributed by atoms with E-state index in [0.29, 0.717) is 13.0 Å². The largest absolute Gasteiger partial charge is 0.269 e. The summed E-state index contributed by atoms with van der Waals surface area (Å²) in [5.74, 6) is -1.91. The number of rotatable bonds is 4. The minimum atomic E-state index is -4.01. The monoisotopic (exact) mass is 371 g/mol. The van der Waals surface area contributed by atoms with Crippen LogP contribution in [0.2, 0.25) is 5.02 Å². The number of amides is 1. The molecule has 0 saturated heterocycles. The van der Waals surface area contributed by atoms with E-state index in [1.54, 1.807) is 4.68 Å². The molecule has 0 unspecified atom stereocenters. The average Bonchev–Trinajstić information content (AvgIpc) is 2.94. The topological polar surface area (TPSA) is 81.1 Å². The predicted molar refractivity (Wildman–Crippen MR) is 86.7 cm³/mol. The Labute approximate surface area is 143 Å². The molecule has 1 aliphatic rings. The fourth-order valence-electron chi connectivity index (χ4n) is 2.70. The summed E-state index contributed by atoms with van der Waals surface area (Å²) in [6.07, 6.45) is 3.96. The Morgan fingerprint density at radius 3 is 2.96 bits per heavy atom. The van der Waals surface area contributed by atoms with E-state index >= 15 is 0 Å². The maximum Gasteiger partial charge on any atom is 0.268 e. The van der Waals surface area contributed by atoms with Gasteiger partial charge in [0.1, 0.15) is 5.82 Å². The summed E-state index contributed by atoms with van der Waals surface area (Å²) < 4.78 is 41.4. The van der Waals surface area contributed by atoms with Crippen molar-refractivity contribution in [3.63, 3.8) is 0 Å². The lowest BCUT2D eigenvalue weighted by molar-refractivity contribution is 0.0980. The SMILES string of the molecule is O=C(NS(=O)(=O)Cc1cc(F)ccc1Cl)c1cnn2c1CCCC2. The van der Waals surface area contributed by atoms with Crippen LogP contribution in [0.5, 0.6) is 0 Å². The van der Waals surface area contributed by atoms with Gasteiger partial charge in [-0.05, 0) is 43.0 Å². The Hall–Kier alpha value is -1.93. The normalized spacial score (nSPS) is 14.2. The van der Waals surface area contributed by atoms with Gasteiger partial charge in [0.2, 0.25) is 10.0 Å². The lowest BCUT2D eigenvalue weighted by atomic mass is 10.1. The van der Waals surface area contributed by atoms with Gasteiger partial charge in [-0.2, -0.15) is 5.10 Å². The summed E-state index contributed by atoms with van der Waals surface area (Å²) in [4.78, 5) is 12.3. The van der Waals surface area contributed by atoms with Gasteiger partial charge in [0.05, 0.1) is 23.2 Å². The third-order valence-corrected chi connectivity index (χ3v) is 5.38. The van der Waals surface area contributed by atoms with Crippen LogP contribution in [0.25, 0.3) is 0 Å². The molecule has 0 atom stereocenters. The van der Waals surface area contributed by atoms with Crippen LogP contribution in [0, 0.1) is 5.82 Å². The van der Waals surface area contributed by atoms with Gasteiger partial charge in [-0.3, -0.25) is 9.48 Å². The summed E-state index contributed by atoms with van der Waals surface area (Å²) in [6.45, 7) is 0.717. The first-order valence-electron chi connectivity index (χ1n) is 7.39. The Morgan fingerprint density at radius 2 is 2.17 bits per heavy atom. The van der Waals surface area contributed by atoms with E-state index in [1.807, 2.05) is 4.72 Å². The zero-order chi connectivity index (χ0) is 17.3. The van der Waals surface area contributed by atoms with Crippen molar-refractivity contribution in [2.24, 2.45) is 0 Å². The lowest BCUT2D eigenvalue weighted by Gasteiger charge is -2.14. The number of benzene rings is 1. The van der Waals surface area contributed by atoms with Crippen molar-refractivity contribution in [2.75, 3.05) is 0 Å². The van der Waals surface area contributed by atoms with E-state index in [4.69, 9.17) is 11.6 Å². The third kappa shape index (κ3) is 3.59. The Bertz CT molecular complexity index is 895. The van der Waals surface area contributed by atoms with Crippen LogP contribution in [0.3, 0.4) is 0 Å². The number of carbonyl (C=O) groups excluding carboxylic acids is 1. The van der Waals surface area contributed by atoms with Crippen molar-refractivity contribution in [2.45, 2.75) is 31.6 Å². The van der Waals surface area contributed by atoms with Crippen LogP contribution in [-0.2, 0) is 28.7 Å². The van der Waals surface area contributed by atoms with Crippen molar-refractivity contribution in [3.8, 4) is 0 Å². The van der Waals surface area contributed by atoms with Gasteiger partial charge in [-0.1, -0.05) is 11.6 Å². The summed E-state index contributed by atoms with van der Waals surface area (Å²) in [5.41, 5.74) is 1.08. The number of nitrogens with zero attached hydrogens (tertiary/aromatic N) is 2. The molecule has 128 valence electrons. The second kappa shape index (κ2) is 6.52. The van der Waals surface area contributed by atoms with E-state index in [-0.39, 0.29) is 16.1 Å². The van der Waals surface area contributed by atoms with Crippen molar-refractivity contribution >= 4 is 27.5 Å². The fraction of sp³-hybridized carbons (Fsp3) is 0.333. The second-order valence-corrected chi connectivity index (χ2v) is 7.74. The molecule has 2 aromatic rings. The molecule has 24 heavy (non-hydrogen) atoms. The smallest absolute Gasteiger partial charge is 0.268 e. The maximum absolute atomic E-state index is 13.2. The quantitative estimate of drug-likeness (QED) is 0.893. The third-order valence-electron chi connectivity index (χ3n) is 3.83. The molecule has 0 radical (unpaired) electrons. The lowest BCUT2D eigenvalue weighted by Crippen LogP contribution is -2.32. The highest BCUT2D eigenvalue weighted by Crippen LogP contribution is 2.21. The van der Waals surface area contributed by atoms with Gasteiger partial charge < -0.3 is 0 Å². The molecule has 2 heterocycles.